The molecule has 23 heavy (non-hydrogen) atoms. The second kappa shape index (κ2) is 5.55. The lowest BCUT2D eigenvalue weighted by Crippen LogP contribution is -2.49. The SMILES string of the molecule is CC1(C)O[C@H]2OC3[C@H](CC#N)OC(c4ccccc4)O[C@@H]3[C@H]2O1. The lowest BCUT2D eigenvalue weighted by atomic mass is 10.0. The van der Waals surface area contributed by atoms with E-state index in [1.54, 1.807) is 0 Å². The fourth-order valence-electron chi connectivity index (χ4n) is 3.39. The zero-order valence-corrected chi connectivity index (χ0v) is 13.0. The number of hydrogen-bond acceptors (Lipinski definition) is 6. The first kappa shape index (κ1) is 15.1. The van der Waals surface area contributed by atoms with E-state index in [2.05, 4.69) is 6.07 Å². The van der Waals surface area contributed by atoms with Gasteiger partial charge in [-0.05, 0) is 13.8 Å². The minimum absolute atomic E-state index is 0.233. The molecule has 6 atom stereocenters. The summed E-state index contributed by atoms with van der Waals surface area (Å²) in [5, 5.41) is 9.09. The van der Waals surface area contributed by atoms with E-state index in [9.17, 15) is 0 Å². The first-order valence-corrected chi connectivity index (χ1v) is 7.81. The molecule has 1 aromatic rings. The van der Waals surface area contributed by atoms with E-state index in [0.717, 1.165) is 5.56 Å². The van der Waals surface area contributed by atoms with Crippen LogP contribution in [0.5, 0.6) is 0 Å². The summed E-state index contributed by atoms with van der Waals surface area (Å²) in [6, 6.07) is 11.8. The maximum Gasteiger partial charge on any atom is 0.190 e. The quantitative estimate of drug-likeness (QED) is 0.833. The van der Waals surface area contributed by atoms with Gasteiger partial charge in [-0.2, -0.15) is 5.26 Å². The van der Waals surface area contributed by atoms with Crippen molar-refractivity contribution >= 4 is 0 Å². The Morgan fingerprint density at radius 1 is 1.00 bits per heavy atom. The fourth-order valence-corrected chi connectivity index (χ4v) is 3.39. The lowest BCUT2D eigenvalue weighted by Gasteiger charge is -2.39. The van der Waals surface area contributed by atoms with E-state index in [1.165, 1.54) is 0 Å². The van der Waals surface area contributed by atoms with Gasteiger partial charge in [-0.1, -0.05) is 30.3 Å². The van der Waals surface area contributed by atoms with Crippen molar-refractivity contribution in [2.45, 2.75) is 63.1 Å². The molecule has 3 aliphatic rings. The first-order chi connectivity index (χ1) is 11.1. The number of rotatable bonds is 2. The van der Waals surface area contributed by atoms with Crippen molar-refractivity contribution in [1.29, 1.82) is 5.26 Å². The molecule has 3 heterocycles. The largest absolute Gasteiger partial charge is 0.341 e. The Balaban J connectivity index is 1.60. The summed E-state index contributed by atoms with van der Waals surface area (Å²) >= 11 is 0. The average Bonchev–Trinajstić information content (AvgIpc) is 3.01. The standard InChI is InChI=1S/C17H19NO5/c1-17(2)22-14-13-12(20-16(14)23-17)11(8-9-18)19-15(21-13)10-6-4-3-5-7-10/h3-7,11-16H,8H2,1-2H3/t11-,12?,13-,14+,15?,16+/m0/s1. The monoisotopic (exact) mass is 317 g/mol. The van der Waals surface area contributed by atoms with Gasteiger partial charge >= 0.3 is 0 Å². The van der Waals surface area contributed by atoms with E-state index < -0.39 is 18.4 Å². The van der Waals surface area contributed by atoms with Gasteiger partial charge in [0, 0.05) is 5.56 Å². The van der Waals surface area contributed by atoms with E-state index in [0.29, 0.717) is 0 Å². The molecule has 2 unspecified atom stereocenters. The van der Waals surface area contributed by atoms with E-state index in [1.807, 2.05) is 44.2 Å². The van der Waals surface area contributed by atoms with Crippen LogP contribution in [0.2, 0.25) is 0 Å². The van der Waals surface area contributed by atoms with Gasteiger partial charge in [-0.3, -0.25) is 0 Å². The van der Waals surface area contributed by atoms with Crippen molar-refractivity contribution in [2.75, 3.05) is 0 Å². The molecular formula is C17H19NO5. The summed E-state index contributed by atoms with van der Waals surface area (Å²) in [6.45, 7) is 3.70. The summed E-state index contributed by atoms with van der Waals surface area (Å²) in [4.78, 5) is 0. The van der Waals surface area contributed by atoms with Crippen LogP contribution in [0.3, 0.4) is 0 Å². The Bertz CT molecular complexity index is 613. The summed E-state index contributed by atoms with van der Waals surface area (Å²) in [7, 11) is 0. The van der Waals surface area contributed by atoms with Gasteiger partial charge in [0.1, 0.15) is 24.4 Å². The van der Waals surface area contributed by atoms with Crippen molar-refractivity contribution in [3.63, 3.8) is 0 Å². The van der Waals surface area contributed by atoms with E-state index in [-0.39, 0.29) is 30.8 Å². The normalized spacial score (nSPS) is 41.1. The van der Waals surface area contributed by atoms with Crippen molar-refractivity contribution < 1.29 is 23.7 Å². The molecule has 0 amide bonds. The third-order valence-electron chi connectivity index (χ3n) is 4.34. The molecular weight excluding hydrogens is 298 g/mol. The zero-order chi connectivity index (χ0) is 16.0. The van der Waals surface area contributed by atoms with Crippen LogP contribution in [0.1, 0.15) is 32.1 Å². The van der Waals surface area contributed by atoms with Gasteiger partial charge in [0.05, 0.1) is 12.5 Å². The van der Waals surface area contributed by atoms with Crippen LogP contribution in [0.4, 0.5) is 0 Å². The van der Waals surface area contributed by atoms with Gasteiger partial charge in [0.15, 0.2) is 18.4 Å². The van der Waals surface area contributed by atoms with Crippen LogP contribution in [-0.4, -0.2) is 36.5 Å². The Morgan fingerprint density at radius 2 is 1.78 bits per heavy atom. The molecule has 0 aliphatic carbocycles. The van der Waals surface area contributed by atoms with Gasteiger partial charge in [-0.15, -0.1) is 0 Å². The van der Waals surface area contributed by atoms with Crippen LogP contribution in [0, 0.1) is 11.3 Å². The van der Waals surface area contributed by atoms with Crippen molar-refractivity contribution in [2.24, 2.45) is 0 Å². The minimum atomic E-state index is -0.699. The predicted octanol–water partition coefficient (Wildman–Crippen LogP) is 2.26. The number of nitrogens with zero attached hydrogens (tertiary/aromatic N) is 1. The van der Waals surface area contributed by atoms with Gasteiger partial charge < -0.3 is 23.7 Å². The van der Waals surface area contributed by atoms with Gasteiger partial charge in [0.25, 0.3) is 0 Å². The van der Waals surface area contributed by atoms with Crippen LogP contribution in [0.25, 0.3) is 0 Å². The van der Waals surface area contributed by atoms with Gasteiger partial charge in [0.2, 0.25) is 0 Å². The second-order valence-electron chi connectivity index (χ2n) is 6.45. The Hall–Kier alpha value is -1.49. The van der Waals surface area contributed by atoms with Crippen LogP contribution < -0.4 is 0 Å². The molecule has 122 valence electrons. The number of nitriles is 1. The summed E-state index contributed by atoms with van der Waals surface area (Å²) in [5.41, 5.74) is 0.913. The predicted molar refractivity (Wildman–Crippen MR) is 77.9 cm³/mol. The molecule has 0 bridgehead atoms. The topological polar surface area (TPSA) is 69.9 Å². The smallest absolute Gasteiger partial charge is 0.190 e. The number of hydrogen-bond donors (Lipinski definition) is 0. The highest BCUT2D eigenvalue weighted by atomic mass is 16.9. The molecule has 4 rings (SSSR count). The molecule has 0 spiro atoms. The van der Waals surface area contributed by atoms with Crippen molar-refractivity contribution in [3.05, 3.63) is 35.9 Å². The molecule has 3 aliphatic heterocycles. The Morgan fingerprint density at radius 3 is 2.52 bits per heavy atom. The molecule has 0 aromatic heterocycles. The first-order valence-electron chi connectivity index (χ1n) is 7.81. The molecule has 3 saturated heterocycles. The summed E-state index contributed by atoms with van der Waals surface area (Å²) < 4.78 is 29.7. The van der Waals surface area contributed by atoms with E-state index >= 15 is 0 Å². The maximum atomic E-state index is 9.09. The summed E-state index contributed by atoms with van der Waals surface area (Å²) in [5.74, 6) is -0.699. The number of ether oxygens (including phenoxy) is 5. The molecule has 6 nitrogen and oxygen atoms in total. The lowest BCUT2D eigenvalue weighted by molar-refractivity contribution is -0.308. The Labute approximate surface area is 134 Å². The van der Waals surface area contributed by atoms with Crippen LogP contribution >= 0.6 is 0 Å². The van der Waals surface area contributed by atoms with E-state index in [4.69, 9.17) is 28.9 Å². The molecule has 6 heteroatoms. The molecule has 0 N–H and O–H groups in total. The third kappa shape index (κ3) is 2.65. The number of fused-ring (bicyclic) bond motifs is 3. The molecule has 3 fully saturated rings. The Kier molecular flexibility index (Phi) is 3.63. The minimum Gasteiger partial charge on any atom is -0.341 e. The third-order valence-corrected chi connectivity index (χ3v) is 4.34. The highest BCUT2D eigenvalue weighted by Crippen LogP contribution is 2.45. The average molecular weight is 317 g/mol. The molecule has 1 aromatic carbocycles. The van der Waals surface area contributed by atoms with Crippen LogP contribution in [0.15, 0.2) is 30.3 Å². The summed E-state index contributed by atoms with van der Waals surface area (Å²) in [6.07, 6.45) is -2.16. The maximum absolute atomic E-state index is 9.09. The van der Waals surface area contributed by atoms with Crippen molar-refractivity contribution in [3.8, 4) is 6.07 Å². The fraction of sp³-hybridized carbons (Fsp3) is 0.588. The molecule has 0 saturated carbocycles. The highest BCUT2D eigenvalue weighted by Gasteiger charge is 2.60. The highest BCUT2D eigenvalue weighted by molar-refractivity contribution is 5.17. The second-order valence-corrected chi connectivity index (χ2v) is 6.45. The molecule has 0 radical (unpaired) electrons. The zero-order valence-electron chi connectivity index (χ0n) is 13.0. The van der Waals surface area contributed by atoms with Crippen LogP contribution in [-0.2, 0) is 23.7 Å². The van der Waals surface area contributed by atoms with Gasteiger partial charge in [-0.25, -0.2) is 0 Å². The van der Waals surface area contributed by atoms with Crippen molar-refractivity contribution in [1.82, 2.24) is 0 Å². The number of benzene rings is 1.